The first-order valence-electron chi connectivity index (χ1n) is 44.4. The third-order valence-electron chi connectivity index (χ3n) is 21.7. The summed E-state index contributed by atoms with van der Waals surface area (Å²) in [6.45, 7) is 21.3. The Kier molecular flexibility index (Phi) is 49.9. The van der Waals surface area contributed by atoms with Crippen molar-refractivity contribution in [3.63, 3.8) is 0 Å². The highest BCUT2D eigenvalue weighted by Crippen LogP contribution is 2.60. The minimum absolute atomic E-state index is 0.00584. The number of ketones is 1. The summed E-state index contributed by atoms with van der Waals surface area (Å²) >= 11 is 6.18. The van der Waals surface area contributed by atoms with Crippen molar-refractivity contribution in [2.45, 2.75) is 214 Å². The molecule has 35 nitrogen and oxygen atoms in total. The van der Waals surface area contributed by atoms with Gasteiger partial charge in [0.2, 0.25) is 29.5 Å². The maximum atomic E-state index is 14.4. The van der Waals surface area contributed by atoms with Crippen LogP contribution in [-0.4, -0.2) is 248 Å². The quantitative estimate of drug-likeness (QED) is 0.00508. The van der Waals surface area contributed by atoms with E-state index in [9.17, 15) is 80.1 Å². The third kappa shape index (κ3) is 41.9. The molecule has 1 heterocycles. The summed E-state index contributed by atoms with van der Waals surface area (Å²) in [6, 6.07) is 22.1. The average molecular weight is 1910 g/mol. The summed E-state index contributed by atoms with van der Waals surface area (Å²) in [6.07, 6.45) is 1.33. The molecule has 5 rings (SSSR count). The van der Waals surface area contributed by atoms with Gasteiger partial charge >= 0.3 is 33.7 Å². The minimum Gasteiger partial charge on any atom is -0.456 e. The maximum Gasteiger partial charge on any atom is 0.481 e. The van der Waals surface area contributed by atoms with Crippen molar-refractivity contribution in [1.29, 1.82) is 0 Å². The van der Waals surface area contributed by atoms with Crippen LogP contribution in [0.25, 0.3) is 0 Å². The van der Waals surface area contributed by atoms with Gasteiger partial charge in [-0.1, -0.05) is 137 Å². The molecule has 12 atom stereocenters. The lowest BCUT2D eigenvalue weighted by molar-refractivity contribution is -0.155. The lowest BCUT2D eigenvalue weighted by Crippen LogP contribution is -2.57. The molecule has 4 aromatic carbocycles. The number of carbonyl (C=O) groups is 11. The van der Waals surface area contributed by atoms with Crippen LogP contribution in [0.3, 0.4) is 0 Å². The van der Waals surface area contributed by atoms with Gasteiger partial charge in [-0.3, -0.25) is 47.4 Å². The number of alkyl carbamates (subject to hydrolysis) is 1. The molecule has 4 unspecified atom stereocenters. The van der Waals surface area contributed by atoms with Crippen molar-refractivity contribution >= 4 is 102 Å². The number of ether oxygens (including phenoxy) is 7. The molecule has 0 spiro atoms. The molecule has 728 valence electrons. The van der Waals surface area contributed by atoms with E-state index in [0.717, 1.165) is 26.5 Å². The van der Waals surface area contributed by atoms with Gasteiger partial charge in [-0.2, -0.15) is 4.31 Å². The largest absolute Gasteiger partial charge is 0.481 e. The van der Waals surface area contributed by atoms with E-state index in [0.29, 0.717) is 66.0 Å². The lowest BCUT2D eigenvalue weighted by atomic mass is 9.90. The molecule has 131 heavy (non-hydrogen) atoms. The van der Waals surface area contributed by atoms with Crippen molar-refractivity contribution in [3.05, 3.63) is 159 Å². The molecular weight excluding hydrogens is 1780 g/mol. The topological polar surface area (TPSA) is 467 Å². The number of likely N-dealkylation sites (N-methyl/N-ethyl adjacent to an activating group) is 2. The summed E-state index contributed by atoms with van der Waals surface area (Å²) in [5.41, 5.74) is 4.74. The van der Waals surface area contributed by atoms with E-state index < -0.39 is 146 Å². The Morgan fingerprint density at radius 1 is 0.641 bits per heavy atom. The van der Waals surface area contributed by atoms with Crippen molar-refractivity contribution in [1.82, 2.24) is 41.7 Å². The summed E-state index contributed by atoms with van der Waals surface area (Å²) < 4.78 is 107. The number of benzene rings is 4. The number of hydrogen-bond acceptors (Lipinski definition) is 25. The minimum atomic E-state index is -5.12. The summed E-state index contributed by atoms with van der Waals surface area (Å²) in [5.74, 6) is -9.19. The second kappa shape index (κ2) is 58.1. The van der Waals surface area contributed by atoms with Crippen molar-refractivity contribution in [2.24, 2.45) is 23.7 Å². The molecule has 0 bridgehead atoms. The van der Waals surface area contributed by atoms with Crippen molar-refractivity contribution in [2.75, 3.05) is 112 Å². The van der Waals surface area contributed by atoms with E-state index in [1.54, 1.807) is 115 Å². The van der Waals surface area contributed by atoms with Crippen molar-refractivity contribution in [3.8, 4) is 0 Å². The van der Waals surface area contributed by atoms with Crippen LogP contribution >= 0.6 is 27.2 Å². The molecule has 0 saturated carbocycles. The van der Waals surface area contributed by atoms with Gasteiger partial charge in [-0.25, -0.2) is 31.9 Å². The Hall–Kier alpha value is -9.13. The van der Waals surface area contributed by atoms with E-state index in [1.807, 2.05) is 38.1 Å². The molecule has 8 amide bonds. The molecule has 8 N–H and O–H groups in total. The Balaban J connectivity index is 0.978. The van der Waals surface area contributed by atoms with Crippen LogP contribution < -0.4 is 31.9 Å². The number of nitrogens with one attached hydrogen (secondary N) is 6. The smallest absolute Gasteiger partial charge is 0.456 e. The second-order valence-corrected chi connectivity index (χ2v) is 38.5. The number of halogens is 1. The van der Waals surface area contributed by atoms with Crippen LogP contribution in [-0.2, 0) is 117 Å². The number of unbranched alkanes of at least 4 members (excludes halogenated alkanes) is 4. The number of Topliss-reactive ketones (excluding diaryl/α,β-unsaturated/α-hetero) is 1. The van der Waals surface area contributed by atoms with E-state index >= 15 is 0 Å². The fourth-order valence-electron chi connectivity index (χ4n) is 13.5. The molecule has 0 fully saturated rings. The number of rotatable bonds is 48. The molecule has 1 aliphatic heterocycles. The summed E-state index contributed by atoms with van der Waals surface area (Å²) in [5, 5.41) is 16.6. The number of phosphoric ester groups is 2. The first-order chi connectivity index (χ1) is 62.0. The Labute approximate surface area is 774 Å². The van der Waals surface area contributed by atoms with Crippen LogP contribution in [0.15, 0.2) is 125 Å². The van der Waals surface area contributed by atoms with E-state index in [2.05, 4.69) is 36.2 Å². The summed E-state index contributed by atoms with van der Waals surface area (Å²) in [4.78, 5) is 175. The SMILES string of the molecule is C/C=C(\C)[C@H]1OC(=O)[C@@H](C)NC(=O)[C@H](C(C)CC)NC(=O)CN(C)C(=O)[C@@H](Cc2ccc(Cl)cc2)N(C)C(=O)[C@H](C)NC(=O)[C@@H](CC(C)C)OC(=O)/C(C)=C/C[C@H](OC(=O)NCCCCCOP(=O)(O)OP(=O)(O)OCCCCCNC(=O)CCOCCOCCOCCOCCNC(=O)c2ccc(C(=O)C(CCc3ccc(C)cc3)CS(=O)(=O)c3ccc(C)cc3)cc2)[C@@H]1C. The maximum absolute atomic E-state index is 14.4. The monoisotopic (exact) mass is 1910 g/mol. The molecule has 0 aliphatic carbocycles. The van der Waals surface area contributed by atoms with Gasteiger partial charge < -0.3 is 84.6 Å². The number of sulfone groups is 1. The molecule has 4 aromatic rings. The fourth-order valence-corrected chi connectivity index (χ4v) is 17.4. The Bertz CT molecular complexity index is 4620. The van der Waals surface area contributed by atoms with Gasteiger partial charge in [-0.15, -0.1) is 0 Å². The highest BCUT2D eigenvalue weighted by atomic mass is 35.5. The van der Waals surface area contributed by atoms with Gasteiger partial charge in [-0.05, 0) is 171 Å². The first-order valence-corrected chi connectivity index (χ1v) is 49.4. The van der Waals surface area contributed by atoms with Gasteiger partial charge in [0.1, 0.15) is 36.4 Å². The second-order valence-electron chi connectivity index (χ2n) is 33.0. The fraction of sp³-hybridized carbons (Fsp3) is 0.576. The molecule has 0 saturated heterocycles. The number of esters is 2. The summed E-state index contributed by atoms with van der Waals surface area (Å²) in [7, 11) is -11.3. The van der Waals surface area contributed by atoms with Crippen molar-refractivity contribution < 1.29 is 127 Å². The number of carbonyl (C=O) groups excluding carboxylic acids is 11. The highest BCUT2D eigenvalue weighted by Gasteiger charge is 2.40. The zero-order chi connectivity index (χ0) is 97.0. The van der Waals surface area contributed by atoms with Crippen LogP contribution in [0.4, 0.5) is 4.79 Å². The number of aryl methyl sites for hydroxylation is 3. The predicted octanol–water partition coefficient (Wildman–Crippen LogP) is 10.7. The Morgan fingerprint density at radius 3 is 1.76 bits per heavy atom. The normalized spacial score (nSPS) is 20.6. The van der Waals surface area contributed by atoms with Gasteiger partial charge in [0.15, 0.2) is 21.7 Å². The van der Waals surface area contributed by atoms with Gasteiger partial charge in [0.25, 0.3) is 11.8 Å². The third-order valence-corrected chi connectivity index (χ3v) is 26.5. The van der Waals surface area contributed by atoms with E-state index in [1.165, 1.54) is 53.1 Å². The van der Waals surface area contributed by atoms with Gasteiger partial charge in [0.05, 0.1) is 83.3 Å². The number of allylic oxidation sites excluding steroid dienone is 1. The zero-order valence-corrected chi connectivity index (χ0v) is 81.1. The number of amides is 8. The molecule has 39 heteroatoms. The average Bonchev–Trinajstić information content (AvgIpc) is 0.820. The molecule has 0 radical (unpaired) electrons. The van der Waals surface area contributed by atoms with Gasteiger partial charge in [0, 0.05) is 86.6 Å². The number of phosphoric acid groups is 2. The van der Waals surface area contributed by atoms with E-state index in [4.69, 9.17) is 53.8 Å². The lowest BCUT2D eigenvalue weighted by Gasteiger charge is -2.33. The Morgan fingerprint density at radius 2 is 1.18 bits per heavy atom. The van der Waals surface area contributed by atoms with Crippen LogP contribution in [0.1, 0.15) is 183 Å². The van der Waals surface area contributed by atoms with Crippen LogP contribution in [0.2, 0.25) is 5.02 Å². The number of cyclic esters (lactones) is 2. The van der Waals surface area contributed by atoms with Crippen LogP contribution in [0.5, 0.6) is 0 Å². The highest BCUT2D eigenvalue weighted by molar-refractivity contribution is 7.91. The van der Waals surface area contributed by atoms with E-state index in [-0.39, 0.29) is 164 Å². The molecular formula is C92H135ClN8O27P2S. The first kappa shape index (κ1) is 112. The predicted molar refractivity (Wildman–Crippen MR) is 491 cm³/mol. The number of nitrogens with zero attached hydrogens (tertiary/aromatic N) is 2. The zero-order valence-electron chi connectivity index (χ0n) is 77.7. The standard InChI is InChI=1S/C92H135ClN8O27P2S/c1-15-64(7)82-87(107)98-69(12)91(111)127-84(65(8)16-2)67(10)78(42-27-66(9)90(110)125-79(57-61(3)4)86(106)97-68(11)88(108)101(14)77(58-71-31-38-75(93)39-32-71)89(109)100(13)59-81(103)99-82)126-92(112)96-45-20-18-22-48-124-130(115,116)128-129(113,114)123-47-21-17-19-44-94-80(102)43-49-119-51-53-121-55-56-122-54-52-120-50-46-95-85(105)73-36-34-72(35-37-73)83(104)74(33-30-70-28-23-62(5)24-29-70)60-131(117,118)76-40-25-63(6)26-41-76/h16,23-29,31-32,34-41,61,64,67-69,74,77-79,82,84H,15,17-22,30,33,42-60H2,1-14H3,(H,94,102)(H,95,105)(H,96,112)(H,97,106)(H,98,107)(H,99,103)(H,113,114)(H,115,116)/b65-16+,66-27+/t64?,67-,68-,69+,74?,77+,78-,79+,82-,84+/m0/s1. The van der Waals surface area contributed by atoms with Crippen LogP contribution in [0, 0.1) is 37.5 Å². The molecule has 0 aromatic heterocycles. The molecule has 1 aliphatic rings. The number of hydrogen-bond donors (Lipinski definition) is 8.